The summed E-state index contributed by atoms with van der Waals surface area (Å²) in [6, 6.07) is 16.3. The highest BCUT2D eigenvalue weighted by molar-refractivity contribution is 6.01. The number of nitrogens with zero attached hydrogens (tertiary/aromatic N) is 2. The zero-order valence-electron chi connectivity index (χ0n) is 16.1. The second-order valence-electron chi connectivity index (χ2n) is 7.36. The summed E-state index contributed by atoms with van der Waals surface area (Å²) in [4.78, 5) is 15.1. The monoisotopic (exact) mass is 393 g/mol. The third-order valence-corrected chi connectivity index (χ3v) is 5.28. The smallest absolute Gasteiger partial charge is 0.270 e. The Balaban J connectivity index is 1.45. The van der Waals surface area contributed by atoms with Gasteiger partial charge in [-0.25, -0.2) is 4.39 Å². The van der Waals surface area contributed by atoms with Gasteiger partial charge in [0.1, 0.15) is 11.5 Å². The van der Waals surface area contributed by atoms with E-state index in [1.807, 2.05) is 36.4 Å². The van der Waals surface area contributed by atoms with E-state index in [1.165, 1.54) is 6.07 Å². The quantitative estimate of drug-likeness (QED) is 0.621. The molecule has 2 heterocycles. The van der Waals surface area contributed by atoms with Crippen molar-refractivity contribution in [2.24, 2.45) is 0 Å². The number of piperidine rings is 1. The van der Waals surface area contributed by atoms with Crippen molar-refractivity contribution in [3.63, 3.8) is 0 Å². The lowest BCUT2D eigenvalue weighted by Gasteiger charge is -2.33. The van der Waals surface area contributed by atoms with Crippen molar-refractivity contribution in [2.75, 3.05) is 18.8 Å². The van der Waals surface area contributed by atoms with Crippen LogP contribution in [0.3, 0.4) is 0 Å². The predicted octanol–water partition coefficient (Wildman–Crippen LogP) is 3.19. The number of hydrogen-bond donors (Lipinski definition) is 3. The highest BCUT2D eigenvalue weighted by Gasteiger charge is 2.25. The van der Waals surface area contributed by atoms with Crippen molar-refractivity contribution in [2.45, 2.75) is 25.4 Å². The van der Waals surface area contributed by atoms with Crippen LogP contribution in [0.2, 0.25) is 0 Å². The highest BCUT2D eigenvalue weighted by atomic mass is 19.1. The minimum atomic E-state index is -0.231. The zero-order valence-corrected chi connectivity index (χ0v) is 16.1. The van der Waals surface area contributed by atoms with Crippen molar-refractivity contribution < 1.29 is 9.18 Å². The summed E-state index contributed by atoms with van der Waals surface area (Å²) < 4.78 is 14.0. The number of nitrogen functional groups attached to an aromatic ring is 1. The Kier molecular flexibility index (Phi) is 5.57. The minimum absolute atomic E-state index is 0.0174. The number of likely N-dealkylation sites (tertiary alicyclic amines) is 1. The van der Waals surface area contributed by atoms with E-state index in [2.05, 4.69) is 20.4 Å². The van der Waals surface area contributed by atoms with Crippen LogP contribution >= 0.6 is 0 Å². The molecule has 2 aromatic carbocycles. The van der Waals surface area contributed by atoms with Gasteiger partial charge in [0.25, 0.3) is 5.91 Å². The van der Waals surface area contributed by atoms with Gasteiger partial charge in [0.2, 0.25) is 0 Å². The Morgan fingerprint density at radius 1 is 1.21 bits per heavy atom. The first-order valence-electron chi connectivity index (χ1n) is 9.77. The number of nitrogens with one attached hydrogen (secondary N) is 2. The number of amides is 1. The molecule has 4 rings (SSSR count). The second-order valence-corrected chi connectivity index (χ2v) is 7.36. The van der Waals surface area contributed by atoms with Crippen molar-refractivity contribution in [1.29, 1.82) is 0 Å². The average molecular weight is 393 g/mol. The lowest BCUT2D eigenvalue weighted by molar-refractivity contribution is 0.0895. The normalized spacial score (nSPS) is 17.2. The van der Waals surface area contributed by atoms with E-state index < -0.39 is 0 Å². The molecule has 3 aromatic rings. The van der Waals surface area contributed by atoms with Crippen molar-refractivity contribution in [1.82, 2.24) is 20.4 Å². The minimum Gasteiger partial charge on any atom is -0.382 e. The van der Waals surface area contributed by atoms with E-state index >= 15 is 0 Å². The molecule has 0 radical (unpaired) electrons. The second kappa shape index (κ2) is 8.45. The van der Waals surface area contributed by atoms with E-state index in [0.717, 1.165) is 24.9 Å². The maximum Gasteiger partial charge on any atom is 0.270 e. The van der Waals surface area contributed by atoms with Gasteiger partial charge in [-0.05, 0) is 31.0 Å². The van der Waals surface area contributed by atoms with Gasteiger partial charge < -0.3 is 11.1 Å². The van der Waals surface area contributed by atoms with Crippen LogP contribution in [0.4, 0.5) is 10.2 Å². The number of hydrogen-bond acceptors (Lipinski definition) is 4. The number of anilines is 1. The lowest BCUT2D eigenvalue weighted by atomic mass is 10.0. The Bertz CT molecular complexity index is 988. The Hall–Kier alpha value is -3.19. The maximum absolute atomic E-state index is 14.0. The van der Waals surface area contributed by atoms with Crippen LogP contribution in [0.1, 0.15) is 28.9 Å². The van der Waals surface area contributed by atoms with Crippen LogP contribution in [-0.4, -0.2) is 40.1 Å². The first-order chi connectivity index (χ1) is 14.1. The van der Waals surface area contributed by atoms with Gasteiger partial charge in [0.05, 0.1) is 5.56 Å². The topological polar surface area (TPSA) is 87.0 Å². The third kappa shape index (κ3) is 4.30. The third-order valence-electron chi connectivity index (χ3n) is 5.28. The summed E-state index contributed by atoms with van der Waals surface area (Å²) in [5.41, 5.74) is 8.49. The highest BCUT2D eigenvalue weighted by Crippen LogP contribution is 2.28. The molecule has 0 spiro atoms. The molecule has 1 fully saturated rings. The summed E-state index contributed by atoms with van der Waals surface area (Å²) in [5.74, 6) is -0.129. The number of aromatic amines is 1. The fourth-order valence-electron chi connectivity index (χ4n) is 3.86. The summed E-state index contributed by atoms with van der Waals surface area (Å²) in [6.07, 6.45) is 1.82. The molecular weight excluding hydrogens is 369 g/mol. The summed E-state index contributed by atoms with van der Waals surface area (Å²) in [6.45, 7) is 2.09. The molecular formula is C22H24FN5O. The van der Waals surface area contributed by atoms with Gasteiger partial charge in [-0.1, -0.05) is 48.5 Å². The average Bonchev–Trinajstić information content (AvgIpc) is 3.12. The van der Waals surface area contributed by atoms with E-state index in [4.69, 9.17) is 5.73 Å². The van der Waals surface area contributed by atoms with Crippen molar-refractivity contribution in [3.05, 3.63) is 71.7 Å². The predicted molar refractivity (Wildman–Crippen MR) is 111 cm³/mol. The Morgan fingerprint density at radius 2 is 1.97 bits per heavy atom. The molecule has 0 aliphatic carbocycles. The molecule has 1 aromatic heterocycles. The van der Waals surface area contributed by atoms with Gasteiger partial charge in [-0.2, -0.15) is 5.10 Å². The number of aromatic nitrogens is 2. The summed E-state index contributed by atoms with van der Waals surface area (Å²) in [5, 5.41) is 9.89. The number of halogens is 1. The molecule has 1 amide bonds. The Labute approximate surface area is 168 Å². The van der Waals surface area contributed by atoms with Crippen LogP contribution in [0.5, 0.6) is 0 Å². The molecule has 1 aliphatic rings. The molecule has 1 unspecified atom stereocenters. The van der Waals surface area contributed by atoms with Crippen LogP contribution in [0.25, 0.3) is 11.1 Å². The molecule has 7 heteroatoms. The van der Waals surface area contributed by atoms with Gasteiger partial charge >= 0.3 is 0 Å². The van der Waals surface area contributed by atoms with Crippen molar-refractivity contribution in [3.8, 4) is 11.1 Å². The first-order valence-corrected chi connectivity index (χ1v) is 9.77. The van der Waals surface area contributed by atoms with Gasteiger partial charge in [-0.3, -0.25) is 14.8 Å². The molecule has 150 valence electrons. The molecule has 0 bridgehead atoms. The summed E-state index contributed by atoms with van der Waals surface area (Å²) in [7, 11) is 0. The fourth-order valence-corrected chi connectivity index (χ4v) is 3.86. The van der Waals surface area contributed by atoms with Crippen LogP contribution in [0, 0.1) is 5.82 Å². The van der Waals surface area contributed by atoms with E-state index in [-0.39, 0.29) is 17.8 Å². The molecule has 6 nitrogen and oxygen atoms in total. The summed E-state index contributed by atoms with van der Waals surface area (Å²) >= 11 is 0. The SMILES string of the molecule is Nc1n[nH]c(C(=O)NC2CCCN(Cc3ccccc3F)C2)c1-c1ccccc1. The molecule has 29 heavy (non-hydrogen) atoms. The van der Waals surface area contributed by atoms with Crippen LogP contribution in [-0.2, 0) is 6.54 Å². The van der Waals surface area contributed by atoms with Gasteiger partial charge in [0, 0.05) is 24.7 Å². The number of nitrogens with two attached hydrogens (primary N) is 1. The van der Waals surface area contributed by atoms with Crippen molar-refractivity contribution >= 4 is 11.7 Å². The van der Waals surface area contributed by atoms with E-state index in [9.17, 15) is 9.18 Å². The first kappa shape index (κ1) is 19.1. The number of benzene rings is 2. The molecule has 1 saturated heterocycles. The van der Waals surface area contributed by atoms with E-state index in [0.29, 0.717) is 35.7 Å². The lowest BCUT2D eigenvalue weighted by Crippen LogP contribution is -2.47. The molecule has 4 N–H and O–H groups in total. The number of rotatable bonds is 5. The Morgan fingerprint density at radius 3 is 2.76 bits per heavy atom. The number of carbonyl (C=O) groups is 1. The van der Waals surface area contributed by atoms with Crippen LogP contribution < -0.4 is 11.1 Å². The largest absolute Gasteiger partial charge is 0.382 e. The fraction of sp³-hybridized carbons (Fsp3) is 0.273. The number of carbonyl (C=O) groups excluding carboxylic acids is 1. The maximum atomic E-state index is 14.0. The van der Waals surface area contributed by atoms with Crippen LogP contribution in [0.15, 0.2) is 54.6 Å². The van der Waals surface area contributed by atoms with E-state index in [1.54, 1.807) is 12.1 Å². The standard InChI is InChI=1S/C22H24FN5O/c23-18-11-5-4-9-16(18)13-28-12-6-10-17(14-28)25-22(29)20-19(21(24)27-26-20)15-7-2-1-3-8-15/h1-5,7-9,11,17H,6,10,12-14H2,(H,25,29)(H3,24,26,27). The van der Waals surface area contributed by atoms with Gasteiger partial charge in [0.15, 0.2) is 5.82 Å². The molecule has 0 saturated carbocycles. The zero-order chi connectivity index (χ0) is 20.2. The molecule has 1 aliphatic heterocycles. The number of H-pyrrole nitrogens is 1. The van der Waals surface area contributed by atoms with Gasteiger partial charge in [-0.15, -0.1) is 0 Å². The molecule has 1 atom stereocenters.